The Morgan fingerprint density at radius 3 is 2.42 bits per heavy atom. The number of nitrogens with one attached hydrogen (secondary N) is 2. The summed E-state index contributed by atoms with van der Waals surface area (Å²) in [7, 11) is 1.56. The van der Waals surface area contributed by atoms with E-state index in [1.54, 1.807) is 19.2 Å². The Kier molecular flexibility index (Phi) is 8.84. The number of para-hydroxylation sites is 1. The molecular formula is C26H29F3N4O3. The molecule has 1 aliphatic rings. The molecule has 0 radical (unpaired) electrons. The van der Waals surface area contributed by atoms with Crippen LogP contribution in [-0.4, -0.2) is 49.4 Å². The monoisotopic (exact) mass is 502 g/mol. The number of alkyl halides is 3. The summed E-state index contributed by atoms with van der Waals surface area (Å²) in [6.07, 6.45) is -7.39. The van der Waals surface area contributed by atoms with E-state index in [1.165, 1.54) is 4.90 Å². The summed E-state index contributed by atoms with van der Waals surface area (Å²) in [4.78, 5) is 44.5. The van der Waals surface area contributed by atoms with Gasteiger partial charge in [0.2, 0.25) is 18.0 Å². The second-order valence-corrected chi connectivity index (χ2v) is 8.57. The molecule has 0 bridgehead atoms. The number of hydrogen-bond donors (Lipinski definition) is 2. The molecule has 2 atom stereocenters. The molecule has 0 saturated carbocycles. The van der Waals surface area contributed by atoms with E-state index < -0.39 is 55.2 Å². The van der Waals surface area contributed by atoms with E-state index in [1.807, 2.05) is 49.4 Å². The van der Waals surface area contributed by atoms with Gasteiger partial charge in [-0.3, -0.25) is 14.4 Å². The second-order valence-electron chi connectivity index (χ2n) is 8.57. The zero-order valence-electron chi connectivity index (χ0n) is 20.1. The lowest BCUT2D eigenvalue weighted by Crippen LogP contribution is -2.47. The van der Waals surface area contributed by atoms with E-state index in [4.69, 9.17) is 0 Å². The molecule has 3 rings (SSSR count). The summed E-state index contributed by atoms with van der Waals surface area (Å²) in [6.45, 7) is 2.10. The van der Waals surface area contributed by atoms with Gasteiger partial charge in [0.05, 0.1) is 11.4 Å². The Morgan fingerprint density at radius 2 is 1.75 bits per heavy atom. The fourth-order valence-corrected chi connectivity index (χ4v) is 3.93. The molecule has 0 aromatic heterocycles. The smallest absolute Gasteiger partial charge is 0.356 e. The SMILES string of the molecule is CCCNC(=O)[C@@H](CCC(F)(F)F)CC(=O)N[C@H]1N=C(c2ccccc2)c2ccccc2N(C)C1=O. The molecule has 1 aliphatic heterocycles. The van der Waals surface area contributed by atoms with Gasteiger partial charge in [-0.25, -0.2) is 4.99 Å². The van der Waals surface area contributed by atoms with Crippen LogP contribution in [0.4, 0.5) is 18.9 Å². The first kappa shape index (κ1) is 26.9. The lowest BCUT2D eigenvalue weighted by Gasteiger charge is -2.22. The van der Waals surface area contributed by atoms with Crippen LogP contribution < -0.4 is 15.5 Å². The summed E-state index contributed by atoms with van der Waals surface area (Å²) >= 11 is 0. The topological polar surface area (TPSA) is 90.9 Å². The molecule has 7 nitrogen and oxygen atoms in total. The number of aliphatic imine (C=N–C) groups is 1. The quantitative estimate of drug-likeness (QED) is 0.546. The predicted molar refractivity (Wildman–Crippen MR) is 131 cm³/mol. The number of amides is 3. The van der Waals surface area contributed by atoms with Gasteiger partial charge in [-0.15, -0.1) is 0 Å². The molecule has 1 heterocycles. The van der Waals surface area contributed by atoms with Crippen molar-refractivity contribution in [1.29, 1.82) is 0 Å². The first-order chi connectivity index (χ1) is 17.1. The van der Waals surface area contributed by atoms with Crippen molar-refractivity contribution < 1.29 is 27.6 Å². The molecule has 0 saturated heterocycles. The number of anilines is 1. The number of carbonyl (C=O) groups is 3. The van der Waals surface area contributed by atoms with Gasteiger partial charge in [0.25, 0.3) is 5.91 Å². The number of halogens is 3. The van der Waals surface area contributed by atoms with Gasteiger partial charge < -0.3 is 15.5 Å². The molecule has 2 N–H and O–H groups in total. The van der Waals surface area contributed by atoms with Crippen LogP contribution in [0.5, 0.6) is 0 Å². The van der Waals surface area contributed by atoms with E-state index in [-0.39, 0.29) is 6.54 Å². The van der Waals surface area contributed by atoms with E-state index in [9.17, 15) is 27.6 Å². The summed E-state index contributed by atoms with van der Waals surface area (Å²) in [5.74, 6) is -3.06. The zero-order chi connectivity index (χ0) is 26.3. The van der Waals surface area contributed by atoms with Crippen LogP contribution in [-0.2, 0) is 14.4 Å². The summed E-state index contributed by atoms with van der Waals surface area (Å²) in [5.41, 5.74) is 2.51. The Bertz CT molecular complexity index is 1120. The molecule has 2 aromatic rings. The fourth-order valence-electron chi connectivity index (χ4n) is 3.93. The second kappa shape index (κ2) is 11.8. The van der Waals surface area contributed by atoms with Crippen LogP contribution in [0.25, 0.3) is 0 Å². The summed E-state index contributed by atoms with van der Waals surface area (Å²) in [6, 6.07) is 16.3. The van der Waals surface area contributed by atoms with Gasteiger partial charge in [0.15, 0.2) is 0 Å². The number of rotatable bonds is 9. The van der Waals surface area contributed by atoms with Crippen molar-refractivity contribution in [2.24, 2.45) is 10.9 Å². The van der Waals surface area contributed by atoms with Crippen molar-refractivity contribution in [1.82, 2.24) is 10.6 Å². The van der Waals surface area contributed by atoms with E-state index in [0.717, 1.165) is 5.56 Å². The van der Waals surface area contributed by atoms with Gasteiger partial charge in [0.1, 0.15) is 0 Å². The van der Waals surface area contributed by atoms with Crippen molar-refractivity contribution >= 4 is 29.1 Å². The van der Waals surface area contributed by atoms with E-state index >= 15 is 0 Å². The molecule has 36 heavy (non-hydrogen) atoms. The number of benzene rings is 2. The third-order valence-corrected chi connectivity index (χ3v) is 5.82. The third-order valence-electron chi connectivity index (χ3n) is 5.82. The maximum atomic E-state index is 13.2. The number of carbonyl (C=O) groups excluding carboxylic acids is 3. The Labute approximate surface area is 207 Å². The molecule has 10 heteroatoms. The summed E-state index contributed by atoms with van der Waals surface area (Å²) < 4.78 is 38.4. The maximum absolute atomic E-state index is 13.2. The predicted octanol–water partition coefficient (Wildman–Crippen LogP) is 3.82. The largest absolute Gasteiger partial charge is 0.389 e. The van der Waals surface area contributed by atoms with Gasteiger partial charge in [-0.1, -0.05) is 55.5 Å². The van der Waals surface area contributed by atoms with Crippen molar-refractivity contribution in [3.63, 3.8) is 0 Å². The van der Waals surface area contributed by atoms with Crippen molar-refractivity contribution in [2.75, 3.05) is 18.5 Å². The number of likely N-dealkylation sites (N-methyl/N-ethyl adjacent to an activating group) is 1. The minimum absolute atomic E-state index is 0.290. The van der Waals surface area contributed by atoms with Gasteiger partial charge in [-0.05, 0) is 18.9 Å². The summed E-state index contributed by atoms with van der Waals surface area (Å²) in [5, 5.41) is 5.09. The number of fused-ring (bicyclic) bond motifs is 1. The highest BCUT2D eigenvalue weighted by atomic mass is 19.4. The average Bonchev–Trinajstić information content (AvgIpc) is 2.95. The minimum Gasteiger partial charge on any atom is -0.356 e. The van der Waals surface area contributed by atoms with Crippen LogP contribution in [0, 0.1) is 5.92 Å². The highest BCUT2D eigenvalue weighted by Gasteiger charge is 2.34. The highest BCUT2D eigenvalue weighted by Crippen LogP contribution is 2.28. The van der Waals surface area contributed by atoms with Crippen LogP contribution >= 0.6 is 0 Å². The number of benzodiazepines with no additional fused rings is 1. The highest BCUT2D eigenvalue weighted by molar-refractivity contribution is 6.20. The van der Waals surface area contributed by atoms with Gasteiger partial charge in [-0.2, -0.15) is 13.2 Å². The lowest BCUT2D eigenvalue weighted by atomic mass is 9.97. The van der Waals surface area contributed by atoms with Crippen molar-refractivity contribution in [3.8, 4) is 0 Å². The van der Waals surface area contributed by atoms with Gasteiger partial charge in [0, 0.05) is 43.5 Å². The van der Waals surface area contributed by atoms with E-state index in [0.29, 0.717) is 23.4 Å². The molecule has 192 valence electrons. The molecule has 0 fully saturated rings. The van der Waals surface area contributed by atoms with Crippen molar-refractivity contribution in [3.05, 3.63) is 65.7 Å². The number of nitrogens with zero attached hydrogens (tertiary/aromatic N) is 2. The van der Waals surface area contributed by atoms with Gasteiger partial charge >= 0.3 is 6.18 Å². The average molecular weight is 503 g/mol. The Morgan fingerprint density at radius 1 is 1.08 bits per heavy atom. The van der Waals surface area contributed by atoms with Crippen LogP contribution in [0.3, 0.4) is 0 Å². The van der Waals surface area contributed by atoms with Crippen LogP contribution in [0.2, 0.25) is 0 Å². The third kappa shape index (κ3) is 6.93. The van der Waals surface area contributed by atoms with Crippen molar-refractivity contribution in [2.45, 2.75) is 44.9 Å². The molecule has 0 aliphatic carbocycles. The minimum atomic E-state index is -4.46. The van der Waals surface area contributed by atoms with Crippen LogP contribution in [0.1, 0.15) is 43.7 Å². The van der Waals surface area contributed by atoms with Crippen LogP contribution in [0.15, 0.2) is 59.6 Å². The normalized spacial score (nSPS) is 16.5. The molecule has 2 aromatic carbocycles. The standard InChI is InChI=1S/C26H29F3N4O3/c1-3-15-30-24(35)18(13-14-26(27,28)29)16-21(34)31-23-25(36)33(2)20-12-8-7-11-19(20)22(32-23)17-9-5-4-6-10-17/h4-12,18,23H,3,13-16H2,1-2H3,(H,30,35)(H,31,34)/t18-,23-/m0/s1. The molecule has 3 amide bonds. The fraction of sp³-hybridized carbons (Fsp3) is 0.385. The molecular weight excluding hydrogens is 473 g/mol. The molecule has 0 unspecified atom stereocenters. The molecule has 0 spiro atoms. The maximum Gasteiger partial charge on any atom is 0.389 e. The first-order valence-corrected chi connectivity index (χ1v) is 11.7. The van der Waals surface area contributed by atoms with E-state index in [2.05, 4.69) is 15.6 Å². The lowest BCUT2D eigenvalue weighted by molar-refractivity contribution is -0.143. The first-order valence-electron chi connectivity index (χ1n) is 11.7. The Balaban J connectivity index is 1.86. The zero-order valence-corrected chi connectivity index (χ0v) is 20.1. The number of hydrogen-bond acceptors (Lipinski definition) is 4. The Hall–Kier alpha value is -3.69.